The summed E-state index contributed by atoms with van der Waals surface area (Å²) in [6.07, 6.45) is 1.07. The average Bonchev–Trinajstić information content (AvgIpc) is 2.71. The van der Waals surface area contributed by atoms with E-state index in [9.17, 15) is 0 Å². The van der Waals surface area contributed by atoms with Crippen molar-refractivity contribution >= 4 is 42.8 Å². The summed E-state index contributed by atoms with van der Waals surface area (Å²) < 4.78 is 4.50. The summed E-state index contributed by atoms with van der Waals surface area (Å²) in [6.45, 7) is 2.18. The molecule has 20 heavy (non-hydrogen) atoms. The van der Waals surface area contributed by atoms with Gasteiger partial charge in [0.15, 0.2) is 0 Å². The van der Waals surface area contributed by atoms with Crippen LogP contribution in [0.1, 0.15) is 12.5 Å². The zero-order valence-electron chi connectivity index (χ0n) is 11.5. The van der Waals surface area contributed by atoms with E-state index in [-0.39, 0.29) is 0 Å². The van der Waals surface area contributed by atoms with Crippen molar-refractivity contribution in [3.05, 3.63) is 57.0 Å². The summed E-state index contributed by atoms with van der Waals surface area (Å²) >= 11 is 7.31. The topological polar surface area (TPSA) is 4.93 Å². The van der Waals surface area contributed by atoms with Crippen molar-refractivity contribution in [2.75, 3.05) is 0 Å². The fraction of sp³-hybridized carbons (Fsp3) is 0.176. The molecule has 0 aliphatic carbocycles. The predicted molar refractivity (Wildman–Crippen MR) is 93.1 cm³/mol. The summed E-state index contributed by atoms with van der Waals surface area (Å²) in [5, 5.41) is 1.24. The molecule has 0 fully saturated rings. The van der Waals surface area contributed by atoms with Gasteiger partial charge in [-0.15, -0.1) is 0 Å². The number of hydrogen-bond acceptors (Lipinski definition) is 0. The second-order valence-electron chi connectivity index (χ2n) is 4.93. The van der Waals surface area contributed by atoms with E-state index in [1.165, 1.54) is 27.7 Å². The minimum Gasteiger partial charge on any atom is -0.343 e. The number of aryl methyl sites for hydroxylation is 2. The molecule has 3 rings (SSSR count). The van der Waals surface area contributed by atoms with Gasteiger partial charge in [0.25, 0.3) is 0 Å². The van der Waals surface area contributed by atoms with Gasteiger partial charge in [-0.05, 0) is 45.6 Å². The van der Waals surface area contributed by atoms with Crippen molar-refractivity contribution in [2.24, 2.45) is 7.05 Å². The van der Waals surface area contributed by atoms with Crippen molar-refractivity contribution in [2.45, 2.75) is 13.3 Å². The number of halogens is 2. The molecular formula is C17H15Br2N. The van der Waals surface area contributed by atoms with E-state index >= 15 is 0 Å². The normalized spacial score (nSPS) is 11.2. The van der Waals surface area contributed by atoms with Gasteiger partial charge in [0.2, 0.25) is 0 Å². The molecule has 1 nitrogen and oxygen atoms in total. The lowest BCUT2D eigenvalue weighted by Gasteiger charge is -2.06. The van der Waals surface area contributed by atoms with Gasteiger partial charge >= 0.3 is 0 Å². The van der Waals surface area contributed by atoms with Crippen LogP contribution in [0.5, 0.6) is 0 Å². The maximum Gasteiger partial charge on any atom is 0.0633 e. The van der Waals surface area contributed by atoms with Crippen molar-refractivity contribution in [3.8, 4) is 11.3 Å². The van der Waals surface area contributed by atoms with Crippen LogP contribution in [0.25, 0.3) is 22.2 Å². The molecule has 102 valence electrons. The third-order valence-electron chi connectivity index (χ3n) is 3.74. The highest BCUT2D eigenvalue weighted by Gasteiger charge is 2.14. The Morgan fingerprint density at radius 3 is 2.35 bits per heavy atom. The SMILES string of the molecule is CCc1ccc(-c2c(Br)c3ccc(Br)cc3n2C)cc1. The summed E-state index contributed by atoms with van der Waals surface area (Å²) in [4.78, 5) is 0. The van der Waals surface area contributed by atoms with E-state index in [2.05, 4.69) is 92.9 Å². The number of hydrogen-bond donors (Lipinski definition) is 0. The molecule has 0 radical (unpaired) electrons. The Bertz CT molecular complexity index is 770. The van der Waals surface area contributed by atoms with Gasteiger partial charge in [-0.3, -0.25) is 0 Å². The van der Waals surface area contributed by atoms with Crippen LogP contribution in [-0.4, -0.2) is 4.57 Å². The van der Waals surface area contributed by atoms with Gasteiger partial charge in [-0.25, -0.2) is 0 Å². The van der Waals surface area contributed by atoms with Gasteiger partial charge < -0.3 is 4.57 Å². The average molecular weight is 393 g/mol. The van der Waals surface area contributed by atoms with Crippen molar-refractivity contribution in [1.82, 2.24) is 4.57 Å². The molecule has 1 heterocycles. The van der Waals surface area contributed by atoms with Crippen molar-refractivity contribution in [1.29, 1.82) is 0 Å². The molecule has 0 aliphatic rings. The van der Waals surface area contributed by atoms with E-state index < -0.39 is 0 Å². The van der Waals surface area contributed by atoms with Crippen LogP contribution in [0, 0.1) is 0 Å². The van der Waals surface area contributed by atoms with Gasteiger partial charge in [-0.2, -0.15) is 0 Å². The first-order valence-electron chi connectivity index (χ1n) is 6.64. The third-order valence-corrected chi connectivity index (χ3v) is 5.03. The van der Waals surface area contributed by atoms with Crippen molar-refractivity contribution < 1.29 is 0 Å². The Morgan fingerprint density at radius 2 is 1.70 bits per heavy atom. The van der Waals surface area contributed by atoms with E-state index in [0.29, 0.717) is 0 Å². The van der Waals surface area contributed by atoms with Crippen molar-refractivity contribution in [3.63, 3.8) is 0 Å². The molecule has 1 aromatic heterocycles. The number of benzene rings is 2. The van der Waals surface area contributed by atoms with Crippen LogP contribution in [-0.2, 0) is 13.5 Å². The van der Waals surface area contributed by atoms with Crippen LogP contribution in [0.2, 0.25) is 0 Å². The van der Waals surface area contributed by atoms with Gasteiger partial charge in [-0.1, -0.05) is 53.2 Å². The molecule has 0 amide bonds. The number of fused-ring (bicyclic) bond motifs is 1. The van der Waals surface area contributed by atoms with E-state index in [1.54, 1.807) is 0 Å². The largest absolute Gasteiger partial charge is 0.343 e. The summed E-state index contributed by atoms with van der Waals surface area (Å²) in [7, 11) is 2.11. The van der Waals surface area contributed by atoms with E-state index in [1.807, 2.05) is 0 Å². The molecule has 2 aromatic carbocycles. The zero-order chi connectivity index (χ0) is 14.3. The molecule has 0 bridgehead atoms. The standard InChI is InChI=1S/C17H15Br2N/c1-3-11-4-6-12(7-5-11)17-16(19)14-9-8-13(18)10-15(14)20(17)2/h4-10H,3H2,1-2H3. The first-order chi connectivity index (χ1) is 9.61. The van der Waals surface area contributed by atoms with Gasteiger partial charge in [0.05, 0.1) is 15.7 Å². The molecule has 0 N–H and O–H groups in total. The Kier molecular flexibility index (Phi) is 3.74. The summed E-state index contributed by atoms with van der Waals surface area (Å²) in [5.74, 6) is 0. The fourth-order valence-corrected chi connectivity index (χ4v) is 3.76. The maximum atomic E-state index is 3.76. The first kappa shape index (κ1) is 13.9. The minimum absolute atomic E-state index is 1.07. The van der Waals surface area contributed by atoms with Crippen LogP contribution in [0.4, 0.5) is 0 Å². The molecule has 0 saturated carbocycles. The van der Waals surface area contributed by atoms with Crippen LogP contribution in [0.15, 0.2) is 51.4 Å². The lowest BCUT2D eigenvalue weighted by Crippen LogP contribution is -1.92. The summed E-state index contributed by atoms with van der Waals surface area (Å²) in [5.41, 5.74) is 5.05. The highest BCUT2D eigenvalue weighted by Crippen LogP contribution is 2.38. The Hall–Kier alpha value is -1.06. The molecule has 0 atom stereocenters. The van der Waals surface area contributed by atoms with Gasteiger partial charge in [0.1, 0.15) is 0 Å². The molecule has 0 unspecified atom stereocenters. The number of rotatable bonds is 2. The lowest BCUT2D eigenvalue weighted by atomic mass is 10.1. The molecular weight excluding hydrogens is 378 g/mol. The minimum atomic E-state index is 1.07. The third kappa shape index (κ3) is 2.23. The number of nitrogens with zero attached hydrogens (tertiary/aromatic N) is 1. The smallest absolute Gasteiger partial charge is 0.0633 e. The van der Waals surface area contributed by atoms with Crippen LogP contribution >= 0.6 is 31.9 Å². The Balaban J connectivity index is 2.24. The van der Waals surface area contributed by atoms with Crippen LogP contribution in [0.3, 0.4) is 0 Å². The maximum absolute atomic E-state index is 3.76. The predicted octanol–water partition coefficient (Wildman–Crippen LogP) is 5.93. The first-order valence-corrected chi connectivity index (χ1v) is 8.23. The molecule has 3 aromatic rings. The molecule has 0 aliphatic heterocycles. The van der Waals surface area contributed by atoms with E-state index in [0.717, 1.165) is 15.4 Å². The monoisotopic (exact) mass is 391 g/mol. The number of aromatic nitrogens is 1. The quantitative estimate of drug-likeness (QED) is 0.509. The van der Waals surface area contributed by atoms with E-state index in [4.69, 9.17) is 0 Å². The molecule has 3 heteroatoms. The second kappa shape index (κ2) is 5.38. The zero-order valence-corrected chi connectivity index (χ0v) is 14.6. The highest BCUT2D eigenvalue weighted by atomic mass is 79.9. The molecule has 0 spiro atoms. The highest BCUT2D eigenvalue weighted by molar-refractivity contribution is 9.11. The Labute approximate surface area is 135 Å². The lowest BCUT2D eigenvalue weighted by molar-refractivity contribution is 0.975. The second-order valence-corrected chi connectivity index (χ2v) is 6.64. The molecule has 0 saturated heterocycles. The fourth-order valence-electron chi connectivity index (χ4n) is 2.58. The van der Waals surface area contributed by atoms with Crippen LogP contribution < -0.4 is 0 Å². The summed E-state index contributed by atoms with van der Waals surface area (Å²) in [6, 6.07) is 15.2. The Morgan fingerprint density at radius 1 is 1.00 bits per heavy atom. The van der Waals surface area contributed by atoms with Gasteiger partial charge in [0, 0.05) is 16.9 Å².